The second kappa shape index (κ2) is 7.56. The second-order valence-electron chi connectivity index (χ2n) is 5.39. The van der Waals surface area contributed by atoms with Crippen LogP contribution in [0.5, 0.6) is 0 Å². The van der Waals surface area contributed by atoms with E-state index < -0.39 is 0 Å². The van der Waals surface area contributed by atoms with E-state index in [0.717, 1.165) is 24.5 Å². The van der Waals surface area contributed by atoms with Crippen molar-refractivity contribution < 1.29 is 4.79 Å². The third-order valence-corrected chi connectivity index (χ3v) is 3.32. The highest BCUT2D eigenvalue weighted by Gasteiger charge is 2.14. The Kier molecular flexibility index (Phi) is 5.49. The Bertz CT molecular complexity index is 613. The third kappa shape index (κ3) is 4.30. The Balaban J connectivity index is 2.07. The van der Waals surface area contributed by atoms with Crippen molar-refractivity contribution in [2.24, 2.45) is 0 Å². The summed E-state index contributed by atoms with van der Waals surface area (Å²) in [4.78, 5) is 20.4. The molecule has 0 fully saturated rings. The number of pyridine rings is 1. The van der Waals surface area contributed by atoms with Crippen LogP contribution in [0.25, 0.3) is 0 Å². The average Bonchev–Trinajstić information content (AvgIpc) is 2.54. The van der Waals surface area contributed by atoms with E-state index in [-0.39, 0.29) is 5.91 Å². The zero-order chi connectivity index (χ0) is 15.9. The summed E-state index contributed by atoms with van der Waals surface area (Å²) in [6.07, 6.45) is 3.33. The molecule has 0 aliphatic heterocycles. The SMILES string of the molecule is CN(C)CCNc1cncc(C(=O)N(C)c2ccccc2)c1. The molecule has 5 heteroatoms. The van der Waals surface area contributed by atoms with Gasteiger partial charge in [-0.1, -0.05) is 18.2 Å². The number of hydrogen-bond donors (Lipinski definition) is 1. The van der Waals surface area contributed by atoms with Crippen LogP contribution in [0.1, 0.15) is 10.4 Å². The molecule has 0 saturated heterocycles. The van der Waals surface area contributed by atoms with E-state index in [2.05, 4.69) is 15.2 Å². The van der Waals surface area contributed by atoms with Gasteiger partial charge in [-0.05, 0) is 32.3 Å². The fourth-order valence-corrected chi connectivity index (χ4v) is 2.04. The van der Waals surface area contributed by atoms with Crippen molar-refractivity contribution in [2.75, 3.05) is 44.4 Å². The van der Waals surface area contributed by atoms with Gasteiger partial charge in [-0.3, -0.25) is 9.78 Å². The number of carbonyl (C=O) groups excluding carboxylic acids is 1. The van der Waals surface area contributed by atoms with Gasteiger partial charge >= 0.3 is 0 Å². The number of carbonyl (C=O) groups is 1. The Morgan fingerprint density at radius 1 is 1.14 bits per heavy atom. The molecule has 1 amide bonds. The van der Waals surface area contributed by atoms with E-state index in [1.54, 1.807) is 24.3 Å². The lowest BCUT2D eigenvalue weighted by Crippen LogP contribution is -2.26. The molecule has 0 aliphatic rings. The third-order valence-electron chi connectivity index (χ3n) is 3.32. The van der Waals surface area contributed by atoms with Crippen molar-refractivity contribution in [3.05, 3.63) is 54.4 Å². The minimum Gasteiger partial charge on any atom is -0.382 e. The van der Waals surface area contributed by atoms with Crippen LogP contribution in [0.2, 0.25) is 0 Å². The van der Waals surface area contributed by atoms with E-state index in [1.807, 2.05) is 50.5 Å². The Morgan fingerprint density at radius 3 is 2.55 bits per heavy atom. The van der Waals surface area contributed by atoms with Crippen LogP contribution < -0.4 is 10.2 Å². The monoisotopic (exact) mass is 298 g/mol. The Labute approximate surface area is 131 Å². The lowest BCUT2D eigenvalue weighted by molar-refractivity contribution is 0.0992. The topological polar surface area (TPSA) is 48.5 Å². The number of amides is 1. The van der Waals surface area contributed by atoms with Crippen molar-refractivity contribution in [3.8, 4) is 0 Å². The summed E-state index contributed by atoms with van der Waals surface area (Å²) >= 11 is 0. The molecule has 0 radical (unpaired) electrons. The van der Waals surface area contributed by atoms with Gasteiger partial charge in [-0.2, -0.15) is 0 Å². The average molecular weight is 298 g/mol. The Hall–Kier alpha value is -2.40. The molecule has 0 aliphatic carbocycles. The number of anilines is 2. The minimum absolute atomic E-state index is 0.0741. The summed E-state index contributed by atoms with van der Waals surface area (Å²) in [7, 11) is 5.81. The van der Waals surface area contributed by atoms with Crippen molar-refractivity contribution in [3.63, 3.8) is 0 Å². The number of rotatable bonds is 6. The van der Waals surface area contributed by atoms with Crippen LogP contribution in [0.3, 0.4) is 0 Å². The number of nitrogens with zero attached hydrogens (tertiary/aromatic N) is 3. The first kappa shape index (κ1) is 16.0. The molecule has 2 rings (SSSR count). The summed E-state index contributed by atoms with van der Waals surface area (Å²) < 4.78 is 0. The number of aromatic nitrogens is 1. The molecule has 22 heavy (non-hydrogen) atoms. The van der Waals surface area contributed by atoms with Crippen LogP contribution in [0.4, 0.5) is 11.4 Å². The first-order chi connectivity index (χ1) is 10.6. The number of benzene rings is 1. The highest BCUT2D eigenvalue weighted by molar-refractivity contribution is 6.05. The molecule has 1 heterocycles. The predicted molar refractivity (Wildman–Crippen MR) is 90.5 cm³/mol. The molecule has 0 spiro atoms. The number of hydrogen-bond acceptors (Lipinski definition) is 4. The lowest BCUT2D eigenvalue weighted by atomic mass is 10.2. The molecular weight excluding hydrogens is 276 g/mol. The van der Waals surface area contributed by atoms with Crippen LogP contribution in [0, 0.1) is 0 Å². The molecule has 2 aromatic rings. The maximum absolute atomic E-state index is 12.5. The van der Waals surface area contributed by atoms with Gasteiger partial charge in [0.05, 0.1) is 11.3 Å². The standard InChI is InChI=1S/C17H22N4O/c1-20(2)10-9-19-15-11-14(12-18-13-15)17(22)21(3)16-7-5-4-6-8-16/h4-8,11-13,19H,9-10H2,1-3H3. The highest BCUT2D eigenvalue weighted by atomic mass is 16.2. The van der Waals surface area contributed by atoms with Crippen molar-refractivity contribution in [1.29, 1.82) is 0 Å². The van der Waals surface area contributed by atoms with E-state index in [4.69, 9.17) is 0 Å². The lowest BCUT2D eigenvalue weighted by Gasteiger charge is -2.17. The number of likely N-dealkylation sites (N-methyl/N-ethyl adjacent to an activating group) is 1. The van der Waals surface area contributed by atoms with Crippen molar-refractivity contribution in [1.82, 2.24) is 9.88 Å². The molecule has 1 aromatic carbocycles. The van der Waals surface area contributed by atoms with E-state index in [9.17, 15) is 4.79 Å². The van der Waals surface area contributed by atoms with Gasteiger partial charge < -0.3 is 15.1 Å². The van der Waals surface area contributed by atoms with Crippen LogP contribution in [0.15, 0.2) is 48.8 Å². The van der Waals surface area contributed by atoms with Gasteiger partial charge in [-0.25, -0.2) is 0 Å². The van der Waals surface area contributed by atoms with E-state index in [1.165, 1.54) is 0 Å². The van der Waals surface area contributed by atoms with E-state index in [0.29, 0.717) is 5.56 Å². The number of para-hydroxylation sites is 1. The summed E-state index contributed by atoms with van der Waals surface area (Å²) in [5.41, 5.74) is 2.29. The molecule has 1 aromatic heterocycles. The smallest absolute Gasteiger partial charge is 0.259 e. The molecule has 0 unspecified atom stereocenters. The van der Waals surface area contributed by atoms with Gasteiger partial charge in [0.15, 0.2) is 0 Å². The number of nitrogens with one attached hydrogen (secondary N) is 1. The maximum Gasteiger partial charge on any atom is 0.259 e. The molecule has 116 valence electrons. The van der Waals surface area contributed by atoms with Gasteiger partial charge in [0.1, 0.15) is 0 Å². The van der Waals surface area contributed by atoms with Crippen molar-refractivity contribution in [2.45, 2.75) is 0 Å². The molecule has 1 N–H and O–H groups in total. The fourth-order valence-electron chi connectivity index (χ4n) is 2.04. The minimum atomic E-state index is -0.0741. The van der Waals surface area contributed by atoms with Crippen LogP contribution >= 0.6 is 0 Å². The zero-order valence-electron chi connectivity index (χ0n) is 13.3. The molecule has 0 bridgehead atoms. The molecule has 5 nitrogen and oxygen atoms in total. The van der Waals surface area contributed by atoms with Gasteiger partial charge in [-0.15, -0.1) is 0 Å². The van der Waals surface area contributed by atoms with Crippen LogP contribution in [-0.4, -0.2) is 50.0 Å². The normalized spacial score (nSPS) is 10.5. The first-order valence-corrected chi connectivity index (χ1v) is 7.24. The summed E-state index contributed by atoms with van der Waals surface area (Å²) in [5.74, 6) is -0.0741. The highest BCUT2D eigenvalue weighted by Crippen LogP contribution is 2.16. The molecule has 0 atom stereocenters. The Morgan fingerprint density at radius 2 is 1.86 bits per heavy atom. The summed E-state index contributed by atoms with van der Waals surface area (Å²) in [6.45, 7) is 1.73. The van der Waals surface area contributed by atoms with Gasteiger partial charge in [0.25, 0.3) is 5.91 Å². The zero-order valence-corrected chi connectivity index (χ0v) is 13.3. The second-order valence-corrected chi connectivity index (χ2v) is 5.39. The van der Waals surface area contributed by atoms with Crippen molar-refractivity contribution >= 4 is 17.3 Å². The van der Waals surface area contributed by atoms with Gasteiger partial charge in [0.2, 0.25) is 0 Å². The quantitative estimate of drug-likeness (QED) is 0.889. The maximum atomic E-state index is 12.5. The summed E-state index contributed by atoms with van der Waals surface area (Å²) in [5, 5.41) is 3.28. The predicted octanol–water partition coefficient (Wildman–Crippen LogP) is 2.33. The van der Waals surface area contributed by atoms with E-state index >= 15 is 0 Å². The first-order valence-electron chi connectivity index (χ1n) is 7.24. The molecule has 0 saturated carbocycles. The molecular formula is C17H22N4O. The fraction of sp³-hybridized carbons (Fsp3) is 0.294. The largest absolute Gasteiger partial charge is 0.382 e. The summed E-state index contributed by atoms with van der Waals surface area (Å²) in [6, 6.07) is 11.4. The van der Waals surface area contributed by atoms with Gasteiger partial charge in [0, 0.05) is 38.2 Å². The van der Waals surface area contributed by atoms with Crippen LogP contribution in [-0.2, 0) is 0 Å².